The maximum Gasteiger partial charge on any atom is 0.416 e. The van der Waals surface area contributed by atoms with Crippen LogP contribution in [-0.4, -0.2) is 17.9 Å². The van der Waals surface area contributed by atoms with Gasteiger partial charge in [-0.25, -0.2) is 0 Å². The Morgan fingerprint density at radius 2 is 1.82 bits per heavy atom. The molecule has 0 radical (unpaired) electrons. The molecule has 1 N–H and O–H groups in total. The van der Waals surface area contributed by atoms with E-state index in [-0.39, 0.29) is 22.8 Å². The first-order chi connectivity index (χ1) is 10.4. The topological polar surface area (TPSA) is 29.1 Å². The molecule has 2 saturated heterocycles. The molecule has 2 aliphatic heterocycles. The summed E-state index contributed by atoms with van der Waals surface area (Å²) in [7, 11) is 0. The van der Waals surface area contributed by atoms with Gasteiger partial charge in [0.15, 0.2) is 5.78 Å². The largest absolute Gasteiger partial charge is 0.416 e. The van der Waals surface area contributed by atoms with E-state index >= 15 is 0 Å². The van der Waals surface area contributed by atoms with E-state index in [9.17, 15) is 18.0 Å². The van der Waals surface area contributed by atoms with Crippen LogP contribution in [0.15, 0.2) is 18.2 Å². The number of halogens is 3. The minimum atomic E-state index is -4.41. The highest BCUT2D eigenvalue weighted by atomic mass is 19.4. The van der Waals surface area contributed by atoms with Gasteiger partial charge in [0.1, 0.15) is 0 Å². The van der Waals surface area contributed by atoms with Crippen LogP contribution in [0, 0.1) is 12.8 Å². The van der Waals surface area contributed by atoms with Crippen LogP contribution in [0.5, 0.6) is 0 Å². The number of carbonyl (C=O) groups is 1. The molecule has 0 aliphatic carbocycles. The third-order valence-electron chi connectivity index (χ3n) is 4.99. The molecule has 2 heterocycles. The summed E-state index contributed by atoms with van der Waals surface area (Å²) in [6, 6.07) is 4.60. The summed E-state index contributed by atoms with van der Waals surface area (Å²) in [5.74, 6) is -0.277. The molecule has 2 bridgehead atoms. The second kappa shape index (κ2) is 5.69. The molecule has 0 spiro atoms. The Kier molecular flexibility index (Phi) is 4.02. The van der Waals surface area contributed by atoms with Crippen LogP contribution >= 0.6 is 0 Å². The van der Waals surface area contributed by atoms with Crippen molar-refractivity contribution in [2.24, 2.45) is 5.92 Å². The smallest absolute Gasteiger partial charge is 0.311 e. The zero-order valence-corrected chi connectivity index (χ0v) is 12.5. The molecule has 2 nitrogen and oxygen atoms in total. The minimum absolute atomic E-state index is 0.0590. The van der Waals surface area contributed by atoms with Crippen molar-refractivity contribution in [1.82, 2.24) is 5.32 Å². The predicted molar refractivity (Wildman–Crippen MR) is 77.8 cm³/mol. The van der Waals surface area contributed by atoms with E-state index in [2.05, 4.69) is 5.32 Å². The van der Waals surface area contributed by atoms with E-state index in [1.165, 1.54) is 25.5 Å². The number of ketones is 1. The van der Waals surface area contributed by atoms with E-state index in [0.29, 0.717) is 12.1 Å². The Bertz CT molecular complexity index is 570. The van der Waals surface area contributed by atoms with Crippen LogP contribution in [0.2, 0.25) is 0 Å². The fourth-order valence-electron chi connectivity index (χ4n) is 3.91. The molecule has 2 fully saturated rings. The van der Waals surface area contributed by atoms with Crippen molar-refractivity contribution < 1.29 is 18.0 Å². The summed E-state index contributed by atoms with van der Waals surface area (Å²) in [6.45, 7) is 1.40. The minimum Gasteiger partial charge on any atom is -0.311 e. The molecule has 3 rings (SSSR count). The van der Waals surface area contributed by atoms with Gasteiger partial charge in [-0.15, -0.1) is 0 Å². The first-order valence-corrected chi connectivity index (χ1v) is 7.83. The van der Waals surface area contributed by atoms with Gasteiger partial charge < -0.3 is 5.32 Å². The monoisotopic (exact) mass is 311 g/mol. The molecule has 2 unspecified atom stereocenters. The molecule has 0 aromatic heterocycles. The Morgan fingerprint density at radius 3 is 2.41 bits per heavy atom. The number of alkyl halides is 3. The molecule has 2 atom stereocenters. The van der Waals surface area contributed by atoms with Gasteiger partial charge in [-0.1, -0.05) is 18.6 Å². The van der Waals surface area contributed by atoms with Crippen molar-refractivity contribution in [2.45, 2.75) is 57.3 Å². The van der Waals surface area contributed by atoms with Gasteiger partial charge >= 0.3 is 6.18 Å². The van der Waals surface area contributed by atoms with Crippen molar-refractivity contribution in [3.8, 4) is 0 Å². The van der Waals surface area contributed by atoms with Gasteiger partial charge in [0.25, 0.3) is 0 Å². The molecule has 1 aromatic carbocycles. The average molecular weight is 311 g/mol. The van der Waals surface area contributed by atoms with Crippen LogP contribution in [-0.2, 0) is 6.18 Å². The number of piperidine rings is 2. The maximum absolute atomic E-state index is 13.0. The van der Waals surface area contributed by atoms with Gasteiger partial charge in [0.2, 0.25) is 0 Å². The Hall–Kier alpha value is -1.36. The van der Waals surface area contributed by atoms with Crippen LogP contribution in [0.1, 0.15) is 53.6 Å². The fourth-order valence-corrected chi connectivity index (χ4v) is 3.91. The molecule has 120 valence electrons. The standard InChI is InChI=1S/C17H20F3NO/c1-10-14(6-3-7-15(10)17(18,19)20)16(22)11-8-12-4-2-5-13(9-11)21-12/h3,6-7,11-13,21H,2,4-5,8-9H2,1H3. The molecule has 22 heavy (non-hydrogen) atoms. The van der Waals surface area contributed by atoms with Crippen molar-refractivity contribution in [3.05, 3.63) is 34.9 Å². The lowest BCUT2D eigenvalue weighted by atomic mass is 9.76. The van der Waals surface area contributed by atoms with Crippen molar-refractivity contribution in [3.63, 3.8) is 0 Å². The highest BCUT2D eigenvalue weighted by Crippen LogP contribution is 2.36. The molecule has 5 heteroatoms. The van der Waals surface area contributed by atoms with Crippen LogP contribution in [0.3, 0.4) is 0 Å². The number of hydrogen-bond acceptors (Lipinski definition) is 2. The second-order valence-corrected chi connectivity index (χ2v) is 6.50. The summed E-state index contributed by atoms with van der Waals surface area (Å²) in [6.07, 6.45) is 0.358. The van der Waals surface area contributed by atoms with Crippen molar-refractivity contribution in [1.29, 1.82) is 0 Å². The van der Waals surface area contributed by atoms with Crippen LogP contribution in [0.25, 0.3) is 0 Å². The number of Topliss-reactive ketones (excluding diaryl/α,β-unsaturated/α-hetero) is 1. The third-order valence-corrected chi connectivity index (χ3v) is 4.99. The van der Waals surface area contributed by atoms with E-state index < -0.39 is 11.7 Å². The summed E-state index contributed by atoms with van der Waals surface area (Å²) < 4.78 is 39.0. The SMILES string of the molecule is Cc1c(C(=O)C2CC3CCCC(C2)N3)cccc1C(F)(F)F. The molecule has 2 aliphatic rings. The quantitative estimate of drug-likeness (QED) is 0.833. The molecule has 0 amide bonds. The summed E-state index contributed by atoms with van der Waals surface area (Å²) in [5, 5.41) is 3.51. The third kappa shape index (κ3) is 2.91. The Morgan fingerprint density at radius 1 is 1.18 bits per heavy atom. The van der Waals surface area contributed by atoms with Gasteiger partial charge in [-0.2, -0.15) is 13.2 Å². The lowest BCUT2D eigenvalue weighted by Gasteiger charge is -2.40. The maximum atomic E-state index is 13.0. The number of nitrogens with one attached hydrogen (secondary N) is 1. The number of hydrogen-bond donors (Lipinski definition) is 1. The summed E-state index contributed by atoms with van der Waals surface area (Å²) in [5.41, 5.74) is -0.407. The zero-order chi connectivity index (χ0) is 15.9. The molecular weight excluding hydrogens is 291 g/mol. The number of benzene rings is 1. The number of carbonyl (C=O) groups excluding carboxylic acids is 1. The number of rotatable bonds is 2. The summed E-state index contributed by atoms with van der Waals surface area (Å²) in [4.78, 5) is 12.7. The molecule has 0 saturated carbocycles. The fraction of sp³-hybridized carbons (Fsp3) is 0.588. The lowest BCUT2D eigenvalue weighted by molar-refractivity contribution is -0.138. The number of fused-ring (bicyclic) bond motifs is 2. The van der Waals surface area contributed by atoms with Crippen molar-refractivity contribution in [2.75, 3.05) is 0 Å². The molecular formula is C17H20F3NO. The van der Waals surface area contributed by atoms with E-state index in [1.807, 2.05) is 0 Å². The van der Waals surface area contributed by atoms with Gasteiger partial charge in [-0.3, -0.25) is 4.79 Å². The van der Waals surface area contributed by atoms with Gasteiger partial charge in [0.05, 0.1) is 5.56 Å². The van der Waals surface area contributed by atoms with Crippen molar-refractivity contribution >= 4 is 5.78 Å². The first kappa shape index (κ1) is 15.5. The lowest BCUT2D eigenvalue weighted by Crippen LogP contribution is -2.50. The van der Waals surface area contributed by atoms with Crippen LogP contribution < -0.4 is 5.32 Å². The summed E-state index contributed by atoms with van der Waals surface area (Å²) >= 11 is 0. The van der Waals surface area contributed by atoms with E-state index in [4.69, 9.17) is 0 Å². The average Bonchev–Trinajstić information content (AvgIpc) is 2.45. The normalized spacial score (nSPS) is 28.5. The Balaban J connectivity index is 1.86. The molecule has 1 aromatic rings. The predicted octanol–water partition coefficient (Wildman–Crippen LogP) is 4.12. The van der Waals surface area contributed by atoms with E-state index in [1.54, 1.807) is 0 Å². The highest BCUT2D eigenvalue weighted by molar-refractivity contribution is 5.99. The second-order valence-electron chi connectivity index (χ2n) is 6.50. The van der Waals surface area contributed by atoms with Gasteiger partial charge in [-0.05, 0) is 44.2 Å². The first-order valence-electron chi connectivity index (χ1n) is 7.83. The Labute approximate surface area is 128 Å². The zero-order valence-electron chi connectivity index (χ0n) is 12.5. The van der Waals surface area contributed by atoms with Crippen LogP contribution in [0.4, 0.5) is 13.2 Å². The van der Waals surface area contributed by atoms with Gasteiger partial charge in [0, 0.05) is 23.6 Å². The highest BCUT2D eigenvalue weighted by Gasteiger charge is 2.37. The van der Waals surface area contributed by atoms with E-state index in [0.717, 1.165) is 31.7 Å².